The van der Waals surface area contributed by atoms with Crippen LogP contribution in [0.2, 0.25) is 5.02 Å². The molecule has 1 aliphatic carbocycles. The van der Waals surface area contributed by atoms with Crippen LogP contribution < -0.4 is 11.1 Å². The predicted molar refractivity (Wildman–Crippen MR) is 121 cm³/mol. The van der Waals surface area contributed by atoms with E-state index in [1.165, 1.54) is 6.92 Å². The summed E-state index contributed by atoms with van der Waals surface area (Å²) in [6.45, 7) is 5.79. The highest BCUT2D eigenvalue weighted by Gasteiger charge is 2.57. The Morgan fingerprint density at radius 1 is 1.33 bits per heavy atom. The molecule has 3 N–H and O–H groups in total. The number of nitrogens with zero attached hydrogens (tertiary/aromatic N) is 2. The summed E-state index contributed by atoms with van der Waals surface area (Å²) in [5, 5.41) is 2.89. The Morgan fingerprint density at radius 3 is 2.64 bits per heavy atom. The first-order chi connectivity index (χ1) is 15.3. The molecule has 3 atom stereocenters. The van der Waals surface area contributed by atoms with Crippen LogP contribution in [-0.4, -0.2) is 47.3 Å². The van der Waals surface area contributed by atoms with Crippen molar-refractivity contribution in [3.8, 4) is 0 Å². The van der Waals surface area contributed by atoms with Crippen molar-refractivity contribution in [2.45, 2.75) is 76.5 Å². The van der Waals surface area contributed by atoms with Crippen molar-refractivity contribution in [1.29, 1.82) is 0 Å². The number of rotatable bonds is 4. The summed E-state index contributed by atoms with van der Waals surface area (Å²) in [4.78, 5) is 32.0. The highest BCUT2D eigenvalue weighted by Crippen LogP contribution is 2.52. The number of hydrogen-bond donors (Lipinski definition) is 2. The van der Waals surface area contributed by atoms with E-state index in [4.69, 9.17) is 22.1 Å². The number of guanidine groups is 1. The average molecular weight is 483 g/mol. The summed E-state index contributed by atoms with van der Waals surface area (Å²) in [7, 11) is 0. The standard InChI is InChI=1S/C23H29ClF2N4O3/c1-13-9-14(7-8-33-13)30-17(31)10-22(3,29-20(30)27)15-5-4-6-16(18(15)24)28-19(32)21(2)11-23(25,26)12-21/h4-6,13-14H,7-12H2,1-3H3,(H2,27,29)(H,28,32)/t13-,14-,22+/m1/s1. The molecule has 0 unspecified atom stereocenters. The number of nitrogens with two attached hydrogens (primary N) is 1. The van der Waals surface area contributed by atoms with Crippen LogP contribution in [0.5, 0.6) is 0 Å². The van der Waals surface area contributed by atoms with Gasteiger partial charge in [0.15, 0.2) is 5.96 Å². The Bertz CT molecular complexity index is 1010. The van der Waals surface area contributed by atoms with E-state index in [1.54, 1.807) is 30.0 Å². The van der Waals surface area contributed by atoms with Gasteiger partial charge < -0.3 is 15.8 Å². The van der Waals surface area contributed by atoms with Crippen LogP contribution in [0.3, 0.4) is 0 Å². The molecule has 2 fully saturated rings. The molecule has 33 heavy (non-hydrogen) atoms. The number of carbonyl (C=O) groups excluding carboxylic acids is 2. The maximum absolute atomic E-state index is 13.4. The molecule has 0 bridgehead atoms. The van der Waals surface area contributed by atoms with E-state index in [-0.39, 0.29) is 35.5 Å². The zero-order valence-corrected chi connectivity index (χ0v) is 19.7. The van der Waals surface area contributed by atoms with Gasteiger partial charge in [0.1, 0.15) is 0 Å². The molecule has 7 nitrogen and oxygen atoms in total. The van der Waals surface area contributed by atoms with Gasteiger partial charge in [0.25, 0.3) is 0 Å². The van der Waals surface area contributed by atoms with Gasteiger partial charge in [-0.25, -0.2) is 13.8 Å². The quantitative estimate of drug-likeness (QED) is 0.676. The van der Waals surface area contributed by atoms with Gasteiger partial charge in [0.05, 0.1) is 34.2 Å². The number of carbonyl (C=O) groups is 2. The second-order valence-corrected chi connectivity index (χ2v) is 10.3. The minimum absolute atomic E-state index is 0.0323. The maximum Gasteiger partial charge on any atom is 0.250 e. The first-order valence-corrected chi connectivity index (χ1v) is 11.5. The summed E-state index contributed by atoms with van der Waals surface area (Å²) in [6.07, 6.45) is 0.445. The number of amides is 2. The van der Waals surface area contributed by atoms with Gasteiger partial charge in [0.2, 0.25) is 17.7 Å². The van der Waals surface area contributed by atoms with Gasteiger partial charge in [-0.3, -0.25) is 14.5 Å². The van der Waals surface area contributed by atoms with Gasteiger partial charge in [0, 0.05) is 31.1 Å². The van der Waals surface area contributed by atoms with Gasteiger partial charge in [-0.2, -0.15) is 0 Å². The van der Waals surface area contributed by atoms with Crippen molar-refractivity contribution in [3.63, 3.8) is 0 Å². The number of anilines is 1. The van der Waals surface area contributed by atoms with Crippen molar-refractivity contribution in [1.82, 2.24) is 4.90 Å². The molecule has 1 saturated heterocycles. The lowest BCUT2D eigenvalue weighted by molar-refractivity contribution is -0.170. The molecule has 10 heteroatoms. The number of benzene rings is 1. The Morgan fingerprint density at radius 2 is 2.03 bits per heavy atom. The van der Waals surface area contributed by atoms with Crippen molar-refractivity contribution in [2.75, 3.05) is 11.9 Å². The van der Waals surface area contributed by atoms with Crippen molar-refractivity contribution in [3.05, 3.63) is 28.8 Å². The first-order valence-electron chi connectivity index (χ1n) is 11.1. The maximum atomic E-state index is 13.4. The fourth-order valence-electron chi connectivity index (χ4n) is 5.18. The summed E-state index contributed by atoms with van der Waals surface area (Å²) < 4.78 is 32.3. The third-order valence-corrected chi connectivity index (χ3v) is 7.27. The molecule has 4 rings (SSSR count). The fourth-order valence-corrected chi connectivity index (χ4v) is 5.55. The van der Waals surface area contributed by atoms with Crippen molar-refractivity contribution >= 4 is 35.1 Å². The Balaban J connectivity index is 1.58. The van der Waals surface area contributed by atoms with Crippen LogP contribution in [0.1, 0.15) is 58.4 Å². The topological polar surface area (TPSA) is 97.0 Å². The van der Waals surface area contributed by atoms with Crippen LogP contribution in [0, 0.1) is 5.41 Å². The van der Waals surface area contributed by atoms with E-state index in [9.17, 15) is 18.4 Å². The highest BCUT2D eigenvalue weighted by molar-refractivity contribution is 6.34. The Kier molecular flexibility index (Phi) is 5.93. The van der Waals surface area contributed by atoms with Gasteiger partial charge in [-0.1, -0.05) is 30.7 Å². The molecule has 0 radical (unpaired) electrons. The third kappa shape index (κ3) is 4.45. The zero-order valence-electron chi connectivity index (χ0n) is 19.0. The molecule has 180 valence electrons. The van der Waals surface area contributed by atoms with Crippen LogP contribution in [-0.2, 0) is 19.9 Å². The predicted octanol–water partition coefficient (Wildman–Crippen LogP) is 4.04. The summed E-state index contributed by atoms with van der Waals surface area (Å²) in [5.74, 6) is -3.37. The summed E-state index contributed by atoms with van der Waals surface area (Å²) in [6, 6.07) is 4.94. The lowest BCUT2D eigenvalue weighted by atomic mass is 9.67. The summed E-state index contributed by atoms with van der Waals surface area (Å²) >= 11 is 6.63. The monoisotopic (exact) mass is 482 g/mol. The van der Waals surface area contributed by atoms with Crippen molar-refractivity contribution in [2.24, 2.45) is 16.1 Å². The van der Waals surface area contributed by atoms with Crippen LogP contribution in [0.15, 0.2) is 23.2 Å². The number of hydrogen-bond acceptors (Lipinski definition) is 5. The largest absolute Gasteiger partial charge is 0.378 e. The third-order valence-electron chi connectivity index (χ3n) is 6.87. The number of alkyl halides is 2. The number of aliphatic imine (C=N–C) groups is 1. The molecule has 1 aromatic carbocycles. The molecule has 1 aromatic rings. The Hall–Kier alpha value is -2.26. The zero-order chi connectivity index (χ0) is 24.2. The average Bonchev–Trinajstić information content (AvgIpc) is 2.67. The SMILES string of the molecule is C[C@@H]1C[C@H](N2C(=O)C[C@@](C)(c3cccc(NC(=O)C4(C)CC(F)(F)C4)c3Cl)N=C2N)CCO1. The van der Waals surface area contributed by atoms with E-state index >= 15 is 0 Å². The first kappa shape index (κ1) is 23.9. The van der Waals surface area contributed by atoms with Gasteiger partial charge in [-0.15, -0.1) is 0 Å². The lowest BCUT2D eigenvalue weighted by Crippen LogP contribution is -2.56. The van der Waals surface area contributed by atoms with E-state index in [1.807, 2.05) is 6.92 Å². The van der Waals surface area contributed by atoms with E-state index in [0.717, 1.165) is 0 Å². The number of nitrogens with one attached hydrogen (secondary N) is 1. The van der Waals surface area contributed by atoms with E-state index in [2.05, 4.69) is 10.3 Å². The van der Waals surface area contributed by atoms with E-state index in [0.29, 0.717) is 30.7 Å². The van der Waals surface area contributed by atoms with Crippen LogP contribution in [0.4, 0.5) is 14.5 Å². The molecular weight excluding hydrogens is 454 g/mol. The Labute approximate surface area is 196 Å². The van der Waals surface area contributed by atoms with Crippen LogP contribution in [0.25, 0.3) is 0 Å². The highest BCUT2D eigenvalue weighted by atomic mass is 35.5. The smallest absolute Gasteiger partial charge is 0.250 e. The minimum Gasteiger partial charge on any atom is -0.378 e. The molecule has 0 spiro atoms. The van der Waals surface area contributed by atoms with Crippen molar-refractivity contribution < 1.29 is 23.1 Å². The fraction of sp³-hybridized carbons (Fsp3) is 0.609. The lowest BCUT2D eigenvalue weighted by Gasteiger charge is -2.43. The number of halogens is 3. The number of ether oxygens (including phenoxy) is 1. The normalized spacial score (nSPS) is 30.9. The van der Waals surface area contributed by atoms with Crippen LogP contribution >= 0.6 is 11.6 Å². The molecule has 3 aliphatic rings. The molecule has 1 saturated carbocycles. The molecule has 2 aliphatic heterocycles. The summed E-state index contributed by atoms with van der Waals surface area (Å²) in [5.41, 5.74) is 4.90. The molecule has 2 heterocycles. The van der Waals surface area contributed by atoms with Gasteiger partial charge in [-0.05, 0) is 32.8 Å². The van der Waals surface area contributed by atoms with E-state index < -0.39 is 35.6 Å². The minimum atomic E-state index is -2.83. The second kappa shape index (κ2) is 8.20. The molecule has 2 amide bonds. The molecular formula is C23H29ClF2N4O3. The second-order valence-electron chi connectivity index (χ2n) is 9.94. The molecule has 0 aromatic heterocycles. The van der Waals surface area contributed by atoms with Gasteiger partial charge >= 0.3 is 0 Å².